The number of nitrogens with zero attached hydrogens (tertiary/aromatic N) is 2. The van der Waals surface area contributed by atoms with Crippen molar-refractivity contribution >= 4 is 0 Å². The highest BCUT2D eigenvalue weighted by atomic mass is 15.4. The average molecular weight is 196 g/mol. The SMILES string of the molecule is CC(C)(C)N1CCCN(C2CCC2)C1. The zero-order valence-electron chi connectivity index (χ0n) is 9.92. The molecule has 1 saturated heterocycles. The zero-order valence-corrected chi connectivity index (χ0v) is 9.92. The van der Waals surface area contributed by atoms with Crippen molar-refractivity contribution in [3.05, 3.63) is 0 Å². The molecule has 0 aromatic rings. The van der Waals surface area contributed by atoms with Gasteiger partial charge < -0.3 is 0 Å². The summed E-state index contributed by atoms with van der Waals surface area (Å²) >= 11 is 0. The Morgan fingerprint density at radius 2 is 1.71 bits per heavy atom. The highest BCUT2D eigenvalue weighted by molar-refractivity contribution is 4.86. The Bertz CT molecular complexity index is 191. The van der Waals surface area contributed by atoms with E-state index in [-0.39, 0.29) is 0 Å². The molecule has 2 rings (SSSR count). The number of hydrogen-bond donors (Lipinski definition) is 0. The fourth-order valence-corrected chi connectivity index (χ4v) is 2.42. The summed E-state index contributed by atoms with van der Waals surface area (Å²) in [5.74, 6) is 0. The minimum Gasteiger partial charge on any atom is -0.287 e. The van der Waals surface area contributed by atoms with Crippen LogP contribution in [0.2, 0.25) is 0 Å². The Balaban J connectivity index is 1.90. The molecule has 0 spiro atoms. The van der Waals surface area contributed by atoms with Crippen molar-refractivity contribution in [2.24, 2.45) is 0 Å². The van der Waals surface area contributed by atoms with Crippen LogP contribution in [-0.4, -0.2) is 41.1 Å². The molecule has 0 aromatic carbocycles. The third-order valence-corrected chi connectivity index (χ3v) is 3.77. The van der Waals surface area contributed by atoms with Crippen LogP contribution in [0.3, 0.4) is 0 Å². The molecule has 1 aliphatic heterocycles. The second kappa shape index (κ2) is 3.82. The van der Waals surface area contributed by atoms with E-state index in [1.165, 1.54) is 45.4 Å². The largest absolute Gasteiger partial charge is 0.287 e. The first kappa shape index (κ1) is 10.4. The van der Waals surface area contributed by atoms with Gasteiger partial charge in [-0.15, -0.1) is 0 Å². The monoisotopic (exact) mass is 196 g/mol. The van der Waals surface area contributed by atoms with Gasteiger partial charge in [0.05, 0.1) is 6.67 Å². The van der Waals surface area contributed by atoms with E-state index in [0.29, 0.717) is 5.54 Å². The molecule has 14 heavy (non-hydrogen) atoms. The summed E-state index contributed by atoms with van der Waals surface area (Å²) in [5, 5.41) is 0. The second-order valence-corrected chi connectivity index (χ2v) is 5.83. The van der Waals surface area contributed by atoms with Gasteiger partial charge in [0.1, 0.15) is 0 Å². The van der Waals surface area contributed by atoms with Crippen LogP contribution in [0.5, 0.6) is 0 Å². The molecule has 82 valence electrons. The van der Waals surface area contributed by atoms with Gasteiger partial charge in [-0.3, -0.25) is 9.80 Å². The van der Waals surface area contributed by atoms with Crippen LogP contribution in [0.4, 0.5) is 0 Å². The van der Waals surface area contributed by atoms with Crippen molar-refractivity contribution in [1.82, 2.24) is 9.80 Å². The molecule has 0 amide bonds. The Hall–Kier alpha value is -0.0800. The Labute approximate surface area is 88.3 Å². The average Bonchev–Trinajstić information content (AvgIpc) is 2.00. The molecule has 0 bridgehead atoms. The molecule has 1 aliphatic carbocycles. The second-order valence-electron chi connectivity index (χ2n) is 5.83. The van der Waals surface area contributed by atoms with E-state index in [0.717, 1.165) is 6.04 Å². The van der Waals surface area contributed by atoms with Crippen molar-refractivity contribution in [3.63, 3.8) is 0 Å². The third-order valence-electron chi connectivity index (χ3n) is 3.77. The van der Waals surface area contributed by atoms with E-state index >= 15 is 0 Å². The molecule has 2 aliphatic rings. The quantitative estimate of drug-likeness (QED) is 0.635. The van der Waals surface area contributed by atoms with Gasteiger partial charge in [-0.25, -0.2) is 0 Å². The highest BCUT2D eigenvalue weighted by Crippen LogP contribution is 2.28. The first-order chi connectivity index (χ1) is 6.57. The predicted octanol–water partition coefficient (Wildman–Crippen LogP) is 2.30. The maximum atomic E-state index is 2.69. The molecule has 2 heteroatoms. The summed E-state index contributed by atoms with van der Waals surface area (Å²) in [6.07, 6.45) is 5.69. The smallest absolute Gasteiger partial charge is 0.0513 e. The molecular formula is C12H24N2. The summed E-state index contributed by atoms with van der Waals surface area (Å²) in [4.78, 5) is 5.31. The van der Waals surface area contributed by atoms with Crippen LogP contribution in [0.1, 0.15) is 46.5 Å². The molecule has 1 heterocycles. The lowest BCUT2D eigenvalue weighted by Gasteiger charge is -2.48. The number of rotatable bonds is 1. The molecule has 2 nitrogen and oxygen atoms in total. The van der Waals surface area contributed by atoms with Crippen LogP contribution in [0.25, 0.3) is 0 Å². The standard InChI is InChI=1S/C12H24N2/c1-12(2,3)14-9-5-8-13(10-14)11-6-4-7-11/h11H,4-10H2,1-3H3. The maximum Gasteiger partial charge on any atom is 0.0513 e. The Morgan fingerprint density at radius 1 is 1.00 bits per heavy atom. The van der Waals surface area contributed by atoms with E-state index < -0.39 is 0 Å². The summed E-state index contributed by atoms with van der Waals surface area (Å²) in [6, 6.07) is 0.917. The van der Waals surface area contributed by atoms with Crippen LogP contribution in [-0.2, 0) is 0 Å². The van der Waals surface area contributed by atoms with E-state index in [1.807, 2.05) is 0 Å². The third kappa shape index (κ3) is 2.12. The fourth-order valence-electron chi connectivity index (χ4n) is 2.42. The van der Waals surface area contributed by atoms with Crippen molar-refractivity contribution < 1.29 is 0 Å². The van der Waals surface area contributed by atoms with Gasteiger partial charge in [0.15, 0.2) is 0 Å². The lowest BCUT2D eigenvalue weighted by atomic mass is 9.91. The molecule has 0 atom stereocenters. The van der Waals surface area contributed by atoms with Gasteiger partial charge in [-0.1, -0.05) is 6.42 Å². The molecular weight excluding hydrogens is 172 g/mol. The van der Waals surface area contributed by atoms with Gasteiger partial charge in [-0.05, 0) is 40.0 Å². The normalized spacial score (nSPS) is 27.6. The van der Waals surface area contributed by atoms with E-state index in [9.17, 15) is 0 Å². The summed E-state index contributed by atoms with van der Waals surface area (Å²) < 4.78 is 0. The first-order valence-corrected chi connectivity index (χ1v) is 6.06. The zero-order chi connectivity index (χ0) is 10.2. The highest BCUT2D eigenvalue weighted by Gasteiger charge is 2.32. The van der Waals surface area contributed by atoms with E-state index in [1.54, 1.807) is 0 Å². The van der Waals surface area contributed by atoms with Gasteiger partial charge in [-0.2, -0.15) is 0 Å². The van der Waals surface area contributed by atoms with E-state index in [2.05, 4.69) is 30.6 Å². The molecule has 2 fully saturated rings. The van der Waals surface area contributed by atoms with Crippen LogP contribution >= 0.6 is 0 Å². The van der Waals surface area contributed by atoms with Crippen LogP contribution in [0, 0.1) is 0 Å². The Kier molecular flexibility index (Phi) is 2.85. The van der Waals surface area contributed by atoms with Gasteiger partial charge in [0.2, 0.25) is 0 Å². The molecule has 0 N–H and O–H groups in total. The summed E-state index contributed by atoms with van der Waals surface area (Å²) in [7, 11) is 0. The molecule has 1 saturated carbocycles. The van der Waals surface area contributed by atoms with Crippen molar-refractivity contribution in [1.29, 1.82) is 0 Å². The Morgan fingerprint density at radius 3 is 2.21 bits per heavy atom. The topological polar surface area (TPSA) is 6.48 Å². The van der Waals surface area contributed by atoms with E-state index in [4.69, 9.17) is 0 Å². The van der Waals surface area contributed by atoms with Gasteiger partial charge in [0, 0.05) is 24.7 Å². The molecule has 0 aromatic heterocycles. The van der Waals surface area contributed by atoms with Crippen LogP contribution in [0.15, 0.2) is 0 Å². The van der Waals surface area contributed by atoms with Gasteiger partial charge >= 0.3 is 0 Å². The van der Waals surface area contributed by atoms with Crippen molar-refractivity contribution in [2.45, 2.75) is 58.0 Å². The molecule has 0 radical (unpaired) electrons. The predicted molar refractivity (Wildman–Crippen MR) is 60.3 cm³/mol. The summed E-state index contributed by atoms with van der Waals surface area (Å²) in [5.41, 5.74) is 0.350. The summed E-state index contributed by atoms with van der Waals surface area (Å²) in [6.45, 7) is 10.8. The molecule has 0 unspecified atom stereocenters. The minimum absolute atomic E-state index is 0.350. The number of hydrogen-bond acceptors (Lipinski definition) is 2. The minimum atomic E-state index is 0.350. The first-order valence-electron chi connectivity index (χ1n) is 6.06. The maximum absolute atomic E-state index is 2.69. The van der Waals surface area contributed by atoms with Gasteiger partial charge in [0.25, 0.3) is 0 Å². The van der Waals surface area contributed by atoms with Crippen molar-refractivity contribution in [3.8, 4) is 0 Å². The lowest BCUT2D eigenvalue weighted by Crippen LogP contribution is -2.56. The van der Waals surface area contributed by atoms with Crippen LogP contribution < -0.4 is 0 Å². The van der Waals surface area contributed by atoms with Crippen molar-refractivity contribution in [2.75, 3.05) is 19.8 Å². The lowest BCUT2D eigenvalue weighted by molar-refractivity contribution is -0.0190. The fraction of sp³-hybridized carbons (Fsp3) is 1.00.